The Kier molecular flexibility index (Phi) is 2.87. The minimum absolute atomic E-state index is 0.0706. The van der Waals surface area contributed by atoms with E-state index in [1.54, 1.807) is 11.1 Å². The number of hydrogen-bond acceptors (Lipinski definition) is 0. The molecule has 0 aromatic rings. The highest BCUT2D eigenvalue weighted by atomic mass is 14.5. The zero-order valence-corrected chi connectivity index (χ0v) is 14.0. The van der Waals surface area contributed by atoms with Crippen molar-refractivity contribution in [3.05, 3.63) is 22.3 Å². The molecular weight excluding hydrogens is 240 g/mol. The van der Waals surface area contributed by atoms with Gasteiger partial charge in [0, 0.05) is 2.74 Å². The van der Waals surface area contributed by atoms with Crippen LogP contribution in [0.2, 0.25) is 0 Å². The van der Waals surface area contributed by atoms with Gasteiger partial charge in [0.05, 0.1) is 0 Å². The molecule has 0 heterocycles. The Hall–Kier alpha value is -0.520. The third kappa shape index (κ3) is 2.11. The molecule has 0 saturated heterocycles. The van der Waals surface area contributed by atoms with Crippen molar-refractivity contribution in [3.63, 3.8) is 0 Å². The fraction of sp³-hybridized carbons (Fsp3) is 0.800. The second kappa shape index (κ2) is 4.75. The molecule has 0 spiro atoms. The molecule has 112 valence electrons. The van der Waals surface area contributed by atoms with Gasteiger partial charge < -0.3 is 0 Å². The van der Waals surface area contributed by atoms with Crippen molar-refractivity contribution in [1.29, 1.82) is 0 Å². The first-order valence-corrected chi connectivity index (χ1v) is 8.43. The topological polar surface area (TPSA) is 0 Å². The van der Waals surface area contributed by atoms with E-state index in [-0.39, 0.29) is 23.6 Å². The van der Waals surface area contributed by atoms with Crippen LogP contribution in [0.15, 0.2) is 22.3 Å². The Morgan fingerprint density at radius 1 is 1.00 bits per heavy atom. The van der Waals surface area contributed by atoms with Gasteiger partial charge in [-0.05, 0) is 81.9 Å². The van der Waals surface area contributed by atoms with Crippen molar-refractivity contribution in [2.45, 2.75) is 85.9 Å². The first-order chi connectivity index (χ1) is 10.2. The monoisotopic (exact) mass is 274 g/mol. The lowest BCUT2D eigenvalue weighted by atomic mass is 9.55. The first kappa shape index (κ1) is 12.1. The van der Waals surface area contributed by atoms with Gasteiger partial charge in [0.1, 0.15) is 0 Å². The molecule has 0 heteroatoms. The van der Waals surface area contributed by atoms with E-state index in [9.17, 15) is 0 Å². The molecule has 0 radical (unpaired) electrons. The second-order valence-corrected chi connectivity index (χ2v) is 8.19. The molecule has 0 unspecified atom stereocenters. The minimum Gasteiger partial charge on any atom is -0.0736 e. The van der Waals surface area contributed by atoms with Crippen LogP contribution in [0.3, 0.4) is 0 Å². The lowest BCUT2D eigenvalue weighted by Gasteiger charge is -2.50. The van der Waals surface area contributed by atoms with Gasteiger partial charge in [-0.15, -0.1) is 0 Å². The fourth-order valence-corrected chi connectivity index (χ4v) is 5.01. The average Bonchev–Trinajstić information content (AvgIpc) is 2.42. The Labute approximate surface area is 128 Å². The predicted molar refractivity (Wildman–Crippen MR) is 87.7 cm³/mol. The van der Waals surface area contributed by atoms with Crippen molar-refractivity contribution >= 4 is 0 Å². The summed E-state index contributed by atoms with van der Waals surface area (Å²) in [4.78, 5) is 0. The third-order valence-electron chi connectivity index (χ3n) is 6.57. The van der Waals surface area contributed by atoms with Gasteiger partial charge in [0.15, 0.2) is 0 Å². The van der Waals surface area contributed by atoms with Crippen LogP contribution in [0, 0.1) is 16.7 Å². The lowest BCUT2D eigenvalue weighted by molar-refractivity contribution is 0.169. The molecule has 0 amide bonds. The van der Waals surface area contributed by atoms with Crippen LogP contribution >= 0.6 is 0 Å². The summed E-state index contributed by atoms with van der Waals surface area (Å²) in [5.41, 5.74) is 6.11. The predicted octanol–water partition coefficient (Wildman–Crippen LogP) is 6.43. The molecule has 1 fully saturated rings. The van der Waals surface area contributed by atoms with Crippen LogP contribution in [0.5, 0.6) is 0 Å². The van der Waals surface area contributed by atoms with E-state index in [2.05, 4.69) is 34.6 Å². The van der Waals surface area contributed by atoms with E-state index in [4.69, 9.17) is 2.74 Å². The molecule has 3 aliphatic carbocycles. The molecule has 2 bridgehead atoms. The van der Waals surface area contributed by atoms with E-state index in [0.717, 1.165) is 19.3 Å². The van der Waals surface area contributed by atoms with E-state index < -0.39 is 0 Å². The summed E-state index contributed by atoms with van der Waals surface area (Å²) in [5, 5.41) is 0. The highest BCUT2D eigenvalue weighted by Crippen LogP contribution is 2.57. The SMILES string of the molecule is [2H][C@@H]1CC[C@@]2(C)CCC3=C(C)CC[C@@H]([C@@H]([2H])C2=C1C)C3(C)C. The van der Waals surface area contributed by atoms with Gasteiger partial charge in [-0.25, -0.2) is 0 Å². The largest absolute Gasteiger partial charge is 0.0736 e. The highest BCUT2D eigenvalue weighted by molar-refractivity contribution is 5.32. The highest BCUT2D eigenvalue weighted by Gasteiger charge is 2.44. The molecule has 1 saturated carbocycles. The molecule has 0 nitrogen and oxygen atoms in total. The van der Waals surface area contributed by atoms with Crippen molar-refractivity contribution in [1.82, 2.24) is 0 Å². The summed E-state index contributed by atoms with van der Waals surface area (Å²) in [6, 6.07) is 0. The number of fused-ring (bicyclic) bond motifs is 3. The van der Waals surface area contributed by atoms with Gasteiger partial charge in [-0.2, -0.15) is 0 Å². The van der Waals surface area contributed by atoms with E-state index in [1.165, 1.54) is 30.4 Å². The van der Waals surface area contributed by atoms with Crippen LogP contribution in [-0.2, 0) is 0 Å². The van der Waals surface area contributed by atoms with Gasteiger partial charge >= 0.3 is 0 Å². The third-order valence-corrected chi connectivity index (χ3v) is 6.57. The standard InChI is InChI=1S/C20H32/c1-14-7-6-11-20(5)12-10-17-15(2)8-9-16(13-18(14)20)19(17,3)4/h16H,6-13H2,1-5H3/t16-,20-/m0/s1/i7D,13D/t7-,13-,16+,20+/m1. The molecular formula is C20H32. The molecule has 3 aliphatic rings. The maximum absolute atomic E-state index is 9.12. The number of hydrogen-bond donors (Lipinski definition) is 0. The van der Waals surface area contributed by atoms with Crippen LogP contribution in [0.25, 0.3) is 0 Å². The summed E-state index contributed by atoms with van der Waals surface area (Å²) >= 11 is 0. The van der Waals surface area contributed by atoms with Gasteiger partial charge in [-0.1, -0.05) is 43.1 Å². The zero-order chi connectivity index (χ0) is 16.3. The van der Waals surface area contributed by atoms with E-state index in [1.807, 2.05) is 0 Å². The second-order valence-electron chi connectivity index (χ2n) is 8.19. The maximum Gasteiger partial charge on any atom is 0.0316 e. The van der Waals surface area contributed by atoms with E-state index >= 15 is 0 Å². The van der Waals surface area contributed by atoms with Crippen molar-refractivity contribution in [2.24, 2.45) is 16.7 Å². The summed E-state index contributed by atoms with van der Waals surface area (Å²) in [6.07, 6.45) is 6.57. The molecule has 0 aliphatic heterocycles. The summed E-state index contributed by atoms with van der Waals surface area (Å²) < 4.78 is 17.5. The summed E-state index contributed by atoms with van der Waals surface area (Å²) in [7, 11) is 0. The quantitative estimate of drug-likeness (QED) is 0.446. The van der Waals surface area contributed by atoms with Crippen molar-refractivity contribution in [2.75, 3.05) is 0 Å². The molecule has 0 aromatic carbocycles. The van der Waals surface area contributed by atoms with Crippen LogP contribution in [0.1, 0.15) is 88.7 Å². The van der Waals surface area contributed by atoms with Crippen LogP contribution in [-0.4, -0.2) is 0 Å². The molecule has 3 rings (SSSR count). The smallest absolute Gasteiger partial charge is 0.0316 e. The van der Waals surface area contributed by atoms with Crippen molar-refractivity contribution in [3.8, 4) is 0 Å². The van der Waals surface area contributed by atoms with Crippen LogP contribution in [0.4, 0.5) is 0 Å². The van der Waals surface area contributed by atoms with Gasteiger partial charge in [0.25, 0.3) is 0 Å². The molecule has 0 aromatic heterocycles. The number of allylic oxidation sites excluding steroid dienone is 4. The van der Waals surface area contributed by atoms with Gasteiger partial charge in [0.2, 0.25) is 0 Å². The minimum atomic E-state index is -0.114. The first-order valence-electron chi connectivity index (χ1n) is 9.58. The van der Waals surface area contributed by atoms with Crippen molar-refractivity contribution < 1.29 is 2.74 Å². The number of rotatable bonds is 0. The van der Waals surface area contributed by atoms with E-state index in [0.29, 0.717) is 5.92 Å². The van der Waals surface area contributed by atoms with Crippen LogP contribution < -0.4 is 0 Å². The fourth-order valence-electron chi connectivity index (χ4n) is 5.01. The molecule has 0 N–H and O–H groups in total. The molecule has 20 heavy (non-hydrogen) atoms. The van der Waals surface area contributed by atoms with Gasteiger partial charge in [-0.3, -0.25) is 0 Å². The Balaban J connectivity index is 2.15. The summed E-state index contributed by atoms with van der Waals surface area (Å²) in [6.45, 7) is 11.6. The average molecular weight is 274 g/mol. The Bertz CT molecular complexity index is 540. The Morgan fingerprint density at radius 2 is 1.75 bits per heavy atom. The Morgan fingerprint density at radius 3 is 2.50 bits per heavy atom. The lowest BCUT2D eigenvalue weighted by Crippen LogP contribution is -2.37. The maximum atomic E-state index is 9.12. The molecule has 4 atom stereocenters. The summed E-state index contributed by atoms with van der Waals surface area (Å²) in [5.74, 6) is 0.418. The normalized spacial score (nSPS) is 46.1. The zero-order valence-electron chi connectivity index (χ0n) is 16.0.